The summed E-state index contributed by atoms with van der Waals surface area (Å²) in [4.78, 5) is 22.6. The van der Waals surface area contributed by atoms with E-state index in [9.17, 15) is 27.2 Å². The van der Waals surface area contributed by atoms with E-state index < -0.39 is 30.4 Å². The summed E-state index contributed by atoms with van der Waals surface area (Å²) < 4.78 is 50.3. The number of carboxylic acid groups (broad SMARTS) is 1. The van der Waals surface area contributed by atoms with E-state index in [0.717, 1.165) is 12.1 Å². The Morgan fingerprint density at radius 2 is 1.90 bits per heavy atom. The molecular formula is C12H9F4NO3. The Bertz CT molecular complexity index is 583. The summed E-state index contributed by atoms with van der Waals surface area (Å²) >= 11 is 0. The molecule has 0 radical (unpaired) electrons. The first-order valence-electron chi connectivity index (χ1n) is 5.61. The highest BCUT2D eigenvalue weighted by Crippen LogP contribution is 2.27. The Kier molecular flexibility index (Phi) is 3.41. The quantitative estimate of drug-likeness (QED) is 0.805. The van der Waals surface area contributed by atoms with E-state index >= 15 is 0 Å². The van der Waals surface area contributed by atoms with Crippen molar-refractivity contribution in [1.29, 1.82) is 0 Å². The summed E-state index contributed by atoms with van der Waals surface area (Å²) in [6, 6.07) is 1.78. The molecular weight excluding hydrogens is 282 g/mol. The fourth-order valence-corrected chi connectivity index (χ4v) is 2.20. The van der Waals surface area contributed by atoms with Gasteiger partial charge in [-0.25, -0.2) is 9.18 Å². The van der Waals surface area contributed by atoms with E-state index in [-0.39, 0.29) is 29.7 Å². The standard InChI is InChI=1S/C12H9F4NO3/c13-7-3-6-5-17(11(20)12(14,15)16)2-1-8(6)9(4-7)10(18)19/h3-4H,1-2,5H2,(H,18,19). The van der Waals surface area contributed by atoms with Crippen LogP contribution < -0.4 is 0 Å². The molecule has 1 heterocycles. The van der Waals surface area contributed by atoms with Gasteiger partial charge in [0, 0.05) is 13.1 Å². The number of carbonyl (C=O) groups excluding carboxylic acids is 1. The lowest BCUT2D eigenvalue weighted by Crippen LogP contribution is -2.44. The molecule has 2 rings (SSSR count). The lowest BCUT2D eigenvalue weighted by molar-refractivity contribution is -0.186. The Balaban J connectivity index is 2.36. The number of nitrogens with zero attached hydrogens (tertiary/aromatic N) is 1. The minimum atomic E-state index is -5.00. The van der Waals surface area contributed by atoms with Gasteiger partial charge in [0.25, 0.3) is 0 Å². The van der Waals surface area contributed by atoms with Gasteiger partial charge in [-0.15, -0.1) is 0 Å². The van der Waals surface area contributed by atoms with Crippen molar-refractivity contribution in [2.75, 3.05) is 6.54 Å². The van der Waals surface area contributed by atoms with Gasteiger partial charge in [0.15, 0.2) is 0 Å². The lowest BCUT2D eigenvalue weighted by atomic mass is 9.94. The van der Waals surface area contributed by atoms with Gasteiger partial charge in [0.05, 0.1) is 5.56 Å². The lowest BCUT2D eigenvalue weighted by Gasteiger charge is -2.30. The summed E-state index contributed by atoms with van der Waals surface area (Å²) in [5.74, 6) is -4.22. The number of hydrogen-bond donors (Lipinski definition) is 1. The van der Waals surface area contributed by atoms with Crippen molar-refractivity contribution in [3.63, 3.8) is 0 Å². The Morgan fingerprint density at radius 1 is 1.25 bits per heavy atom. The summed E-state index contributed by atoms with van der Waals surface area (Å²) in [5.41, 5.74) is 0.0792. The number of hydrogen-bond acceptors (Lipinski definition) is 2. The second-order valence-corrected chi connectivity index (χ2v) is 4.37. The first-order valence-corrected chi connectivity index (χ1v) is 5.61. The first-order chi connectivity index (χ1) is 9.20. The third-order valence-corrected chi connectivity index (χ3v) is 3.06. The van der Waals surface area contributed by atoms with Crippen LogP contribution in [-0.4, -0.2) is 34.6 Å². The fourth-order valence-electron chi connectivity index (χ4n) is 2.20. The molecule has 108 valence electrons. The predicted molar refractivity (Wildman–Crippen MR) is 58.5 cm³/mol. The molecule has 0 fully saturated rings. The summed E-state index contributed by atoms with van der Waals surface area (Å²) in [7, 11) is 0. The van der Waals surface area contributed by atoms with Crippen LogP contribution in [0.3, 0.4) is 0 Å². The number of benzene rings is 1. The molecule has 8 heteroatoms. The smallest absolute Gasteiger partial charge is 0.471 e. The highest BCUT2D eigenvalue weighted by molar-refractivity contribution is 5.90. The summed E-state index contributed by atoms with van der Waals surface area (Å²) in [6.45, 7) is -0.705. The highest BCUT2D eigenvalue weighted by Gasteiger charge is 2.43. The van der Waals surface area contributed by atoms with E-state index in [1.54, 1.807) is 0 Å². The highest BCUT2D eigenvalue weighted by atomic mass is 19.4. The third kappa shape index (κ3) is 2.59. The maximum atomic E-state index is 13.3. The Hall–Kier alpha value is -2.12. The van der Waals surface area contributed by atoms with Gasteiger partial charge in [-0.3, -0.25) is 4.79 Å². The number of aromatic carboxylic acids is 1. The van der Waals surface area contributed by atoms with E-state index in [1.165, 1.54) is 0 Å². The van der Waals surface area contributed by atoms with Crippen LogP contribution in [0.5, 0.6) is 0 Å². The molecule has 1 N–H and O–H groups in total. The maximum absolute atomic E-state index is 13.3. The molecule has 0 saturated heterocycles. The molecule has 1 aliphatic heterocycles. The molecule has 1 aromatic rings. The van der Waals surface area contributed by atoms with Crippen LogP contribution in [0, 0.1) is 5.82 Å². The van der Waals surface area contributed by atoms with Crippen LogP contribution in [0.1, 0.15) is 21.5 Å². The zero-order valence-corrected chi connectivity index (χ0v) is 10.00. The second kappa shape index (κ2) is 4.77. The van der Waals surface area contributed by atoms with Gasteiger partial charge < -0.3 is 10.0 Å². The number of fused-ring (bicyclic) bond motifs is 1. The van der Waals surface area contributed by atoms with Crippen LogP contribution in [-0.2, 0) is 17.8 Å². The van der Waals surface area contributed by atoms with Crippen LogP contribution in [0.15, 0.2) is 12.1 Å². The Labute approximate surface area is 110 Å². The maximum Gasteiger partial charge on any atom is 0.471 e. The Morgan fingerprint density at radius 3 is 2.45 bits per heavy atom. The normalized spacial score (nSPS) is 14.9. The van der Waals surface area contributed by atoms with E-state index in [2.05, 4.69) is 0 Å². The minimum absolute atomic E-state index is 0.0565. The largest absolute Gasteiger partial charge is 0.478 e. The average molecular weight is 291 g/mol. The van der Waals surface area contributed by atoms with Crippen molar-refractivity contribution in [2.45, 2.75) is 19.1 Å². The predicted octanol–water partition coefficient (Wildman–Crippen LogP) is 1.97. The zero-order chi connectivity index (χ0) is 15.1. The molecule has 1 amide bonds. The van der Waals surface area contributed by atoms with Gasteiger partial charge in [-0.1, -0.05) is 0 Å². The average Bonchev–Trinajstić information content (AvgIpc) is 2.34. The van der Waals surface area contributed by atoms with Crippen LogP contribution in [0.2, 0.25) is 0 Å². The van der Waals surface area contributed by atoms with E-state index in [0.29, 0.717) is 4.90 Å². The van der Waals surface area contributed by atoms with Crippen molar-refractivity contribution in [1.82, 2.24) is 4.90 Å². The van der Waals surface area contributed by atoms with Gasteiger partial charge in [-0.2, -0.15) is 13.2 Å². The molecule has 4 nitrogen and oxygen atoms in total. The molecule has 1 aliphatic rings. The van der Waals surface area contributed by atoms with Gasteiger partial charge in [0.2, 0.25) is 0 Å². The monoisotopic (exact) mass is 291 g/mol. The van der Waals surface area contributed by atoms with Gasteiger partial charge in [-0.05, 0) is 29.7 Å². The number of carbonyl (C=O) groups is 2. The number of alkyl halides is 3. The van der Waals surface area contributed by atoms with Crippen molar-refractivity contribution in [3.05, 3.63) is 34.6 Å². The summed E-state index contributed by atoms with van der Waals surface area (Å²) in [6.07, 6.45) is -5.06. The van der Waals surface area contributed by atoms with Crippen LogP contribution >= 0.6 is 0 Å². The molecule has 1 aromatic carbocycles. The van der Waals surface area contributed by atoms with E-state index in [4.69, 9.17) is 5.11 Å². The van der Waals surface area contributed by atoms with E-state index in [1.807, 2.05) is 0 Å². The zero-order valence-electron chi connectivity index (χ0n) is 10.00. The number of halogens is 4. The van der Waals surface area contributed by atoms with Crippen molar-refractivity contribution < 1.29 is 32.3 Å². The molecule has 0 spiro atoms. The molecule has 0 bridgehead atoms. The van der Waals surface area contributed by atoms with Crippen LogP contribution in [0.4, 0.5) is 17.6 Å². The molecule has 20 heavy (non-hydrogen) atoms. The SMILES string of the molecule is O=C(O)c1cc(F)cc2c1CCN(C(=O)C(F)(F)F)C2. The molecule has 0 aromatic heterocycles. The molecule has 0 aliphatic carbocycles. The topological polar surface area (TPSA) is 57.6 Å². The minimum Gasteiger partial charge on any atom is -0.478 e. The number of carboxylic acids is 1. The van der Waals surface area contributed by atoms with Gasteiger partial charge >= 0.3 is 18.1 Å². The first kappa shape index (κ1) is 14.3. The molecule has 0 unspecified atom stereocenters. The molecule has 0 atom stereocenters. The van der Waals surface area contributed by atoms with Crippen molar-refractivity contribution >= 4 is 11.9 Å². The molecule has 0 saturated carbocycles. The third-order valence-electron chi connectivity index (χ3n) is 3.06. The fraction of sp³-hybridized carbons (Fsp3) is 0.333. The van der Waals surface area contributed by atoms with Crippen molar-refractivity contribution in [3.8, 4) is 0 Å². The van der Waals surface area contributed by atoms with Gasteiger partial charge in [0.1, 0.15) is 5.82 Å². The second-order valence-electron chi connectivity index (χ2n) is 4.37. The number of rotatable bonds is 1. The number of amides is 1. The van der Waals surface area contributed by atoms with Crippen molar-refractivity contribution in [2.24, 2.45) is 0 Å². The van der Waals surface area contributed by atoms with Crippen LogP contribution in [0.25, 0.3) is 0 Å². The summed E-state index contributed by atoms with van der Waals surface area (Å²) in [5, 5.41) is 8.94.